The van der Waals surface area contributed by atoms with Crippen LogP contribution in [-0.2, 0) is 10.2 Å². The second kappa shape index (κ2) is 10.3. The molecule has 1 saturated heterocycles. The summed E-state index contributed by atoms with van der Waals surface area (Å²) in [5, 5.41) is 20.0. The van der Waals surface area contributed by atoms with E-state index in [-0.39, 0.29) is 22.9 Å². The van der Waals surface area contributed by atoms with Crippen LogP contribution in [0.3, 0.4) is 0 Å². The molecule has 0 atom stereocenters. The SMILES string of the molecule is NC(=O)N1CCOCC1.OP(O)O.Oc1cccc(C23CC4CC(CC(C4)C2)C3)c1O. The van der Waals surface area contributed by atoms with E-state index >= 15 is 0 Å². The molecular formula is C21H33N2O7P. The van der Waals surface area contributed by atoms with Gasteiger partial charge in [0.15, 0.2) is 11.5 Å². The monoisotopic (exact) mass is 456 g/mol. The van der Waals surface area contributed by atoms with Gasteiger partial charge < -0.3 is 40.3 Å². The van der Waals surface area contributed by atoms with Crippen molar-refractivity contribution < 1.29 is 34.4 Å². The molecule has 6 rings (SSSR count). The normalized spacial score (nSPS) is 30.8. The summed E-state index contributed by atoms with van der Waals surface area (Å²) in [6.07, 6.45) is 7.86. The Hall–Kier alpha value is -1.64. The molecule has 0 aromatic heterocycles. The molecule has 9 nitrogen and oxygen atoms in total. The molecule has 1 aliphatic heterocycles. The number of nitrogens with two attached hydrogens (primary N) is 1. The summed E-state index contributed by atoms with van der Waals surface area (Å²) in [7, 11) is -2.62. The Labute approximate surface area is 183 Å². The van der Waals surface area contributed by atoms with Gasteiger partial charge in [-0.25, -0.2) is 4.79 Å². The summed E-state index contributed by atoms with van der Waals surface area (Å²) in [6.45, 7) is 2.50. The first-order valence-corrected chi connectivity index (χ1v) is 11.9. The first-order chi connectivity index (χ1) is 14.7. The van der Waals surface area contributed by atoms with Gasteiger partial charge in [0.25, 0.3) is 0 Å². The number of phenolic OH excluding ortho intramolecular Hbond substituents is 2. The summed E-state index contributed by atoms with van der Waals surface area (Å²) in [5.41, 5.74) is 6.18. The zero-order chi connectivity index (χ0) is 22.6. The number of amides is 2. The number of rotatable bonds is 1. The van der Waals surface area contributed by atoms with Gasteiger partial charge in [-0.15, -0.1) is 0 Å². The van der Waals surface area contributed by atoms with E-state index in [0.29, 0.717) is 26.3 Å². The Kier molecular flexibility index (Phi) is 7.99. The molecule has 0 radical (unpaired) electrons. The minimum atomic E-state index is -2.62. The van der Waals surface area contributed by atoms with Crippen molar-refractivity contribution in [2.45, 2.75) is 43.9 Å². The highest BCUT2D eigenvalue weighted by Gasteiger charge is 2.52. The van der Waals surface area contributed by atoms with Gasteiger partial charge in [-0.3, -0.25) is 0 Å². The topological polar surface area (TPSA) is 157 Å². The van der Waals surface area contributed by atoms with Crippen molar-refractivity contribution in [1.29, 1.82) is 0 Å². The summed E-state index contributed by atoms with van der Waals surface area (Å²) >= 11 is 0. The number of carbonyl (C=O) groups excluding carboxylic acids is 1. The van der Waals surface area contributed by atoms with Crippen molar-refractivity contribution in [3.63, 3.8) is 0 Å². The van der Waals surface area contributed by atoms with Crippen LogP contribution in [0.5, 0.6) is 11.5 Å². The van der Waals surface area contributed by atoms with E-state index in [9.17, 15) is 15.0 Å². The smallest absolute Gasteiger partial charge is 0.324 e. The lowest BCUT2D eigenvalue weighted by atomic mass is 9.48. The number of nitrogens with zero attached hydrogens (tertiary/aromatic N) is 1. The largest absolute Gasteiger partial charge is 0.504 e. The van der Waals surface area contributed by atoms with Gasteiger partial charge in [-0.2, -0.15) is 0 Å². The number of phenols is 2. The van der Waals surface area contributed by atoms with Crippen LogP contribution in [0.4, 0.5) is 4.79 Å². The number of ether oxygens (including phenoxy) is 1. The molecule has 4 aliphatic carbocycles. The molecule has 1 aromatic carbocycles. The van der Waals surface area contributed by atoms with Crippen molar-refractivity contribution in [3.05, 3.63) is 23.8 Å². The maximum absolute atomic E-state index is 10.4. The molecule has 5 aliphatic rings. The second-order valence-corrected chi connectivity index (χ2v) is 9.61. The highest BCUT2D eigenvalue weighted by Crippen LogP contribution is 2.62. The van der Waals surface area contributed by atoms with E-state index in [0.717, 1.165) is 23.3 Å². The number of hydrogen-bond donors (Lipinski definition) is 6. The van der Waals surface area contributed by atoms with Crippen LogP contribution in [0.15, 0.2) is 18.2 Å². The first kappa shape index (κ1) is 24.0. The van der Waals surface area contributed by atoms with Crippen molar-refractivity contribution in [1.82, 2.24) is 4.90 Å². The number of carbonyl (C=O) groups is 1. The van der Waals surface area contributed by atoms with Gasteiger partial charge in [0.05, 0.1) is 13.2 Å². The standard InChI is InChI=1S/C16H20O2.C5H10N2O2.H3O3P/c17-14-3-1-2-13(15(14)18)16-7-10-4-11(8-16)6-12(5-10)9-16;6-5(8)7-1-3-9-4-2-7;1-4(2)3/h1-3,10-12,17-18H,4-9H2;1-4H2,(H2,6,8);1-3H. The van der Waals surface area contributed by atoms with Gasteiger partial charge in [0.2, 0.25) is 0 Å². The van der Waals surface area contributed by atoms with Crippen LogP contribution in [0.1, 0.15) is 44.1 Å². The fourth-order valence-corrected chi connectivity index (χ4v) is 6.18. The highest BCUT2D eigenvalue weighted by atomic mass is 31.2. The molecule has 31 heavy (non-hydrogen) atoms. The van der Waals surface area contributed by atoms with Gasteiger partial charge in [-0.1, -0.05) is 12.1 Å². The van der Waals surface area contributed by atoms with E-state index < -0.39 is 8.60 Å². The zero-order valence-electron chi connectivity index (χ0n) is 17.6. The van der Waals surface area contributed by atoms with Gasteiger partial charge in [-0.05, 0) is 67.8 Å². The summed E-state index contributed by atoms with van der Waals surface area (Å²) in [4.78, 5) is 33.7. The Bertz CT molecular complexity index is 717. The van der Waals surface area contributed by atoms with Gasteiger partial charge in [0.1, 0.15) is 0 Å². The lowest BCUT2D eigenvalue weighted by Gasteiger charge is -2.57. The fourth-order valence-electron chi connectivity index (χ4n) is 6.18. The molecule has 4 saturated carbocycles. The molecule has 0 spiro atoms. The molecule has 1 heterocycles. The Morgan fingerprint density at radius 1 is 1.00 bits per heavy atom. The lowest BCUT2D eigenvalue weighted by Crippen LogP contribution is -2.48. The number of morpholine rings is 1. The lowest BCUT2D eigenvalue weighted by molar-refractivity contribution is -0.00626. The molecule has 4 bridgehead atoms. The van der Waals surface area contributed by atoms with Crippen molar-refractivity contribution in [2.24, 2.45) is 23.5 Å². The van der Waals surface area contributed by atoms with Crippen LogP contribution < -0.4 is 5.73 Å². The zero-order valence-corrected chi connectivity index (χ0v) is 18.5. The average molecular weight is 456 g/mol. The van der Waals surface area contributed by atoms with Crippen LogP contribution in [0, 0.1) is 17.8 Å². The predicted octanol–water partition coefficient (Wildman–Crippen LogP) is 2.15. The van der Waals surface area contributed by atoms with E-state index in [2.05, 4.69) is 0 Å². The molecule has 5 fully saturated rings. The quantitative estimate of drug-likeness (QED) is 0.279. The minimum Gasteiger partial charge on any atom is -0.504 e. The second-order valence-electron chi connectivity index (χ2n) is 9.08. The third-order valence-electron chi connectivity index (χ3n) is 6.95. The number of hydrogen-bond acceptors (Lipinski definition) is 7. The summed E-state index contributed by atoms with van der Waals surface area (Å²) < 4.78 is 5.00. The first-order valence-electron chi connectivity index (χ1n) is 10.7. The molecule has 1 aromatic rings. The number of aromatic hydroxyl groups is 2. The summed E-state index contributed by atoms with van der Waals surface area (Å²) in [5.74, 6) is 2.76. The summed E-state index contributed by atoms with van der Waals surface area (Å²) in [6, 6.07) is 5.14. The third-order valence-corrected chi connectivity index (χ3v) is 6.95. The van der Waals surface area contributed by atoms with E-state index in [1.54, 1.807) is 11.0 Å². The van der Waals surface area contributed by atoms with Crippen LogP contribution in [0.2, 0.25) is 0 Å². The minimum absolute atomic E-state index is 0.0447. The third kappa shape index (κ3) is 5.99. The van der Waals surface area contributed by atoms with Gasteiger partial charge >= 0.3 is 14.6 Å². The maximum Gasteiger partial charge on any atom is 0.324 e. The number of primary amides is 1. The van der Waals surface area contributed by atoms with Crippen LogP contribution in [0.25, 0.3) is 0 Å². The Balaban J connectivity index is 0.000000176. The maximum atomic E-state index is 10.4. The highest BCUT2D eigenvalue weighted by molar-refractivity contribution is 7.38. The molecule has 2 amide bonds. The van der Waals surface area contributed by atoms with E-state index in [4.69, 9.17) is 25.2 Å². The van der Waals surface area contributed by atoms with E-state index in [1.165, 1.54) is 38.5 Å². The van der Waals surface area contributed by atoms with E-state index in [1.807, 2.05) is 12.1 Å². The van der Waals surface area contributed by atoms with Crippen molar-refractivity contribution >= 4 is 14.6 Å². The van der Waals surface area contributed by atoms with Gasteiger partial charge in [0, 0.05) is 18.7 Å². The average Bonchev–Trinajstić information content (AvgIpc) is 2.70. The Morgan fingerprint density at radius 2 is 1.48 bits per heavy atom. The van der Waals surface area contributed by atoms with Crippen LogP contribution >= 0.6 is 8.60 Å². The molecular weight excluding hydrogens is 423 g/mol. The number of para-hydroxylation sites is 1. The molecule has 7 N–H and O–H groups in total. The predicted molar refractivity (Wildman–Crippen MR) is 115 cm³/mol. The fraction of sp³-hybridized carbons (Fsp3) is 0.667. The van der Waals surface area contributed by atoms with Crippen molar-refractivity contribution in [2.75, 3.05) is 26.3 Å². The van der Waals surface area contributed by atoms with Crippen molar-refractivity contribution in [3.8, 4) is 11.5 Å². The number of benzene rings is 1. The van der Waals surface area contributed by atoms with Crippen LogP contribution in [-0.4, -0.2) is 62.1 Å². The molecule has 10 heteroatoms. The molecule has 174 valence electrons. The molecule has 0 unspecified atom stereocenters. The Morgan fingerprint density at radius 3 is 1.90 bits per heavy atom. The number of urea groups is 1.